The number of likely N-dealkylation sites (N-methyl/N-ethyl adjacent to an activating group) is 1. The average molecular weight is 303 g/mol. The van der Waals surface area contributed by atoms with Gasteiger partial charge in [-0.3, -0.25) is 9.69 Å². The summed E-state index contributed by atoms with van der Waals surface area (Å²) < 4.78 is 0. The third-order valence-corrected chi connectivity index (χ3v) is 4.55. The van der Waals surface area contributed by atoms with Crippen molar-refractivity contribution in [1.82, 2.24) is 15.1 Å². The van der Waals surface area contributed by atoms with Crippen LogP contribution in [0.3, 0.4) is 0 Å². The lowest BCUT2D eigenvalue weighted by Crippen LogP contribution is -2.44. The number of benzene rings is 1. The molecule has 1 aromatic rings. The van der Waals surface area contributed by atoms with Crippen molar-refractivity contribution in [2.75, 3.05) is 40.3 Å². The molecule has 1 atom stereocenters. The SMILES string of the molecule is CNCC1CCCN(CC(=O)N(C)Cc2ccccc2C)C1. The maximum atomic E-state index is 12.5. The molecule has 1 heterocycles. The Balaban J connectivity index is 1.84. The molecular formula is C18H29N3O. The molecule has 1 fully saturated rings. The number of hydrogen-bond acceptors (Lipinski definition) is 3. The van der Waals surface area contributed by atoms with E-state index in [1.165, 1.54) is 24.0 Å². The second-order valence-corrected chi connectivity index (χ2v) is 6.48. The monoisotopic (exact) mass is 303 g/mol. The van der Waals surface area contributed by atoms with Crippen molar-refractivity contribution in [1.29, 1.82) is 0 Å². The van der Waals surface area contributed by atoms with Crippen LogP contribution >= 0.6 is 0 Å². The van der Waals surface area contributed by atoms with Gasteiger partial charge in [0.15, 0.2) is 0 Å². The zero-order chi connectivity index (χ0) is 15.9. The van der Waals surface area contributed by atoms with Crippen molar-refractivity contribution < 1.29 is 4.79 Å². The van der Waals surface area contributed by atoms with Crippen LogP contribution in [0.2, 0.25) is 0 Å². The molecule has 1 saturated heterocycles. The Kier molecular flexibility index (Phi) is 6.40. The molecule has 1 unspecified atom stereocenters. The van der Waals surface area contributed by atoms with Gasteiger partial charge >= 0.3 is 0 Å². The maximum absolute atomic E-state index is 12.5. The van der Waals surface area contributed by atoms with Gasteiger partial charge in [-0.15, -0.1) is 0 Å². The minimum absolute atomic E-state index is 0.216. The molecule has 1 amide bonds. The number of hydrogen-bond donors (Lipinski definition) is 1. The fraction of sp³-hybridized carbons (Fsp3) is 0.611. The van der Waals surface area contributed by atoms with E-state index in [9.17, 15) is 4.79 Å². The summed E-state index contributed by atoms with van der Waals surface area (Å²) in [7, 11) is 3.91. The van der Waals surface area contributed by atoms with Crippen LogP contribution in [0.15, 0.2) is 24.3 Å². The number of rotatable bonds is 6. The summed E-state index contributed by atoms with van der Waals surface area (Å²) in [5.74, 6) is 0.890. The number of carbonyl (C=O) groups excluding carboxylic acids is 1. The van der Waals surface area contributed by atoms with Gasteiger partial charge in [-0.1, -0.05) is 24.3 Å². The van der Waals surface area contributed by atoms with E-state index in [2.05, 4.69) is 29.3 Å². The number of aryl methyl sites for hydroxylation is 1. The second-order valence-electron chi connectivity index (χ2n) is 6.48. The zero-order valence-electron chi connectivity index (χ0n) is 14.1. The molecule has 0 saturated carbocycles. The fourth-order valence-corrected chi connectivity index (χ4v) is 3.19. The highest BCUT2D eigenvalue weighted by atomic mass is 16.2. The Bertz CT molecular complexity index is 487. The Morgan fingerprint density at radius 3 is 2.91 bits per heavy atom. The van der Waals surface area contributed by atoms with Crippen molar-refractivity contribution >= 4 is 5.91 Å². The molecule has 122 valence electrons. The quantitative estimate of drug-likeness (QED) is 0.872. The first-order valence-corrected chi connectivity index (χ1v) is 8.25. The summed E-state index contributed by atoms with van der Waals surface area (Å²) in [5, 5.41) is 3.25. The van der Waals surface area contributed by atoms with E-state index in [0.29, 0.717) is 19.0 Å². The summed E-state index contributed by atoms with van der Waals surface area (Å²) in [6.45, 7) is 6.46. The van der Waals surface area contributed by atoms with Gasteiger partial charge in [0.2, 0.25) is 5.91 Å². The Labute approximate surface area is 134 Å². The predicted octanol–water partition coefficient (Wildman–Crippen LogP) is 1.88. The highest BCUT2D eigenvalue weighted by molar-refractivity contribution is 5.78. The summed E-state index contributed by atoms with van der Waals surface area (Å²) in [6.07, 6.45) is 2.46. The molecule has 0 aliphatic carbocycles. The molecule has 0 radical (unpaired) electrons. The van der Waals surface area contributed by atoms with Crippen LogP contribution in [0.25, 0.3) is 0 Å². The van der Waals surface area contributed by atoms with Crippen LogP contribution in [0.1, 0.15) is 24.0 Å². The van der Waals surface area contributed by atoms with E-state index >= 15 is 0 Å². The molecule has 1 aliphatic rings. The van der Waals surface area contributed by atoms with Gasteiger partial charge < -0.3 is 10.2 Å². The summed E-state index contributed by atoms with van der Waals surface area (Å²) >= 11 is 0. The van der Waals surface area contributed by atoms with Gasteiger partial charge in [0.25, 0.3) is 0 Å². The van der Waals surface area contributed by atoms with Crippen LogP contribution < -0.4 is 5.32 Å². The van der Waals surface area contributed by atoms with E-state index in [-0.39, 0.29) is 5.91 Å². The molecule has 1 N–H and O–H groups in total. The van der Waals surface area contributed by atoms with Crippen molar-refractivity contribution in [3.63, 3.8) is 0 Å². The predicted molar refractivity (Wildman–Crippen MR) is 90.7 cm³/mol. The Morgan fingerprint density at radius 2 is 2.18 bits per heavy atom. The first kappa shape index (κ1) is 17.0. The first-order chi connectivity index (χ1) is 10.6. The number of likely N-dealkylation sites (tertiary alicyclic amines) is 1. The maximum Gasteiger partial charge on any atom is 0.236 e. The van der Waals surface area contributed by atoms with Gasteiger partial charge in [-0.2, -0.15) is 0 Å². The number of nitrogens with zero attached hydrogens (tertiary/aromatic N) is 2. The molecule has 0 spiro atoms. The van der Waals surface area contributed by atoms with Gasteiger partial charge in [0.05, 0.1) is 6.54 Å². The van der Waals surface area contributed by atoms with Gasteiger partial charge in [-0.25, -0.2) is 0 Å². The van der Waals surface area contributed by atoms with Gasteiger partial charge in [-0.05, 0) is 56.9 Å². The molecule has 4 heteroatoms. The molecule has 4 nitrogen and oxygen atoms in total. The highest BCUT2D eigenvalue weighted by Crippen LogP contribution is 2.16. The molecule has 0 bridgehead atoms. The van der Waals surface area contributed by atoms with E-state index in [4.69, 9.17) is 0 Å². The van der Waals surface area contributed by atoms with Gasteiger partial charge in [0.1, 0.15) is 0 Å². The third kappa shape index (κ3) is 4.82. The molecule has 1 aromatic carbocycles. The number of carbonyl (C=O) groups is 1. The standard InChI is InChI=1S/C18H29N3O/c1-15-7-4-5-9-17(15)13-20(3)18(22)14-21-10-6-8-16(12-21)11-19-2/h4-5,7,9,16,19H,6,8,10-14H2,1-3H3. The van der Waals surface area contributed by atoms with Crippen LogP contribution in [0.5, 0.6) is 0 Å². The van der Waals surface area contributed by atoms with Crippen molar-refractivity contribution in [2.24, 2.45) is 5.92 Å². The molecule has 2 rings (SSSR count). The second kappa shape index (κ2) is 8.30. The zero-order valence-corrected chi connectivity index (χ0v) is 14.1. The van der Waals surface area contributed by atoms with Crippen molar-refractivity contribution in [3.8, 4) is 0 Å². The van der Waals surface area contributed by atoms with Crippen LogP contribution in [-0.4, -0.2) is 56.0 Å². The topological polar surface area (TPSA) is 35.6 Å². The minimum atomic E-state index is 0.216. The highest BCUT2D eigenvalue weighted by Gasteiger charge is 2.22. The third-order valence-electron chi connectivity index (χ3n) is 4.55. The summed E-state index contributed by atoms with van der Waals surface area (Å²) in [5.41, 5.74) is 2.47. The number of piperidine rings is 1. The normalized spacial score (nSPS) is 19.1. The van der Waals surface area contributed by atoms with Crippen molar-refractivity contribution in [2.45, 2.75) is 26.3 Å². The number of nitrogens with one attached hydrogen (secondary N) is 1. The molecule has 1 aliphatic heterocycles. The number of amides is 1. The average Bonchev–Trinajstić information content (AvgIpc) is 2.50. The first-order valence-electron chi connectivity index (χ1n) is 8.25. The fourth-order valence-electron chi connectivity index (χ4n) is 3.19. The lowest BCUT2D eigenvalue weighted by Gasteiger charge is -2.33. The minimum Gasteiger partial charge on any atom is -0.340 e. The lowest BCUT2D eigenvalue weighted by molar-refractivity contribution is -0.132. The lowest BCUT2D eigenvalue weighted by atomic mass is 9.98. The molecule has 22 heavy (non-hydrogen) atoms. The van der Waals surface area contributed by atoms with Crippen LogP contribution in [-0.2, 0) is 11.3 Å². The largest absolute Gasteiger partial charge is 0.340 e. The molecule has 0 aromatic heterocycles. The Morgan fingerprint density at radius 1 is 1.41 bits per heavy atom. The summed E-state index contributed by atoms with van der Waals surface area (Å²) in [6, 6.07) is 8.27. The molecular weight excluding hydrogens is 274 g/mol. The summed E-state index contributed by atoms with van der Waals surface area (Å²) in [4.78, 5) is 16.6. The van der Waals surface area contributed by atoms with Crippen LogP contribution in [0, 0.1) is 12.8 Å². The van der Waals surface area contributed by atoms with Gasteiger partial charge in [0, 0.05) is 20.1 Å². The Hall–Kier alpha value is -1.39. The van der Waals surface area contributed by atoms with Crippen molar-refractivity contribution in [3.05, 3.63) is 35.4 Å². The van der Waals surface area contributed by atoms with E-state index < -0.39 is 0 Å². The van der Waals surface area contributed by atoms with E-state index in [1.807, 2.05) is 31.1 Å². The van der Waals surface area contributed by atoms with E-state index in [1.54, 1.807) is 0 Å². The van der Waals surface area contributed by atoms with E-state index in [0.717, 1.165) is 19.6 Å². The smallest absolute Gasteiger partial charge is 0.236 e. The van der Waals surface area contributed by atoms with Crippen LogP contribution in [0.4, 0.5) is 0 Å².